The Balaban J connectivity index is 1.23. The van der Waals surface area contributed by atoms with Crippen LogP contribution in [0.2, 0.25) is 0 Å². The topological polar surface area (TPSA) is 87.7 Å². The first-order chi connectivity index (χ1) is 13.5. The summed E-state index contributed by atoms with van der Waals surface area (Å²) < 4.78 is 33.1. The minimum atomic E-state index is -3.46. The number of nitrogens with one attached hydrogen (secondary N) is 2. The fourth-order valence-corrected chi connectivity index (χ4v) is 6.17. The zero-order chi connectivity index (χ0) is 19.6. The van der Waals surface area contributed by atoms with Crippen molar-refractivity contribution < 1.29 is 17.9 Å². The van der Waals surface area contributed by atoms with E-state index in [1.807, 2.05) is 6.07 Å². The zero-order valence-electron chi connectivity index (χ0n) is 16.0. The van der Waals surface area contributed by atoms with Crippen LogP contribution in [0.15, 0.2) is 35.2 Å². The zero-order valence-corrected chi connectivity index (χ0v) is 16.9. The van der Waals surface area contributed by atoms with E-state index in [9.17, 15) is 13.2 Å². The predicted octanol–water partition coefficient (Wildman–Crippen LogP) is 2.24. The van der Waals surface area contributed by atoms with Crippen molar-refractivity contribution >= 4 is 16.1 Å². The van der Waals surface area contributed by atoms with Gasteiger partial charge in [-0.3, -0.25) is 0 Å². The number of carbonyl (C=O) groups is 1. The highest BCUT2D eigenvalue weighted by molar-refractivity contribution is 7.89. The molecule has 0 aromatic heterocycles. The van der Waals surface area contributed by atoms with Gasteiger partial charge in [-0.15, -0.1) is 0 Å². The van der Waals surface area contributed by atoms with Crippen LogP contribution in [0.4, 0.5) is 4.79 Å². The average molecular weight is 408 g/mol. The Morgan fingerprint density at radius 3 is 2.54 bits per heavy atom. The van der Waals surface area contributed by atoms with Crippen LogP contribution in [0.1, 0.15) is 44.9 Å². The molecule has 1 aliphatic carbocycles. The van der Waals surface area contributed by atoms with Crippen LogP contribution in [0.5, 0.6) is 0 Å². The van der Waals surface area contributed by atoms with Crippen LogP contribution in [-0.4, -0.2) is 56.1 Å². The molecule has 8 heteroatoms. The number of fused-ring (bicyclic) bond motifs is 1. The van der Waals surface area contributed by atoms with Crippen molar-refractivity contribution in [1.82, 2.24) is 14.9 Å². The molecule has 3 aliphatic rings. The van der Waals surface area contributed by atoms with Crippen molar-refractivity contribution in [3.05, 3.63) is 30.3 Å². The van der Waals surface area contributed by atoms with Gasteiger partial charge in [-0.05, 0) is 37.8 Å². The summed E-state index contributed by atoms with van der Waals surface area (Å²) >= 11 is 0. The molecule has 0 spiro atoms. The lowest BCUT2D eigenvalue weighted by Gasteiger charge is -2.50. The second-order valence-electron chi connectivity index (χ2n) is 8.02. The van der Waals surface area contributed by atoms with Crippen LogP contribution in [0, 0.1) is 0 Å². The Morgan fingerprint density at radius 1 is 1.07 bits per heavy atom. The molecule has 2 heterocycles. The average Bonchev–Trinajstić information content (AvgIpc) is 2.69. The van der Waals surface area contributed by atoms with Crippen molar-refractivity contribution in [2.24, 2.45) is 0 Å². The summed E-state index contributed by atoms with van der Waals surface area (Å²) in [5.74, 6) is 0. The van der Waals surface area contributed by atoms with Gasteiger partial charge in [0.25, 0.3) is 0 Å². The summed E-state index contributed by atoms with van der Waals surface area (Å²) in [5, 5.41) is 5.96. The third-order valence-electron chi connectivity index (χ3n) is 6.09. The molecular formula is C20H29N3O4S. The maximum Gasteiger partial charge on any atom is 0.315 e. The summed E-state index contributed by atoms with van der Waals surface area (Å²) in [5.41, 5.74) is 0. The maximum absolute atomic E-state index is 12.8. The number of rotatable bonds is 5. The number of hydrogen-bond donors (Lipinski definition) is 2. The summed E-state index contributed by atoms with van der Waals surface area (Å²) in [4.78, 5) is 12.4. The second-order valence-corrected chi connectivity index (χ2v) is 9.91. The molecular weight excluding hydrogens is 378 g/mol. The molecule has 3 fully saturated rings. The van der Waals surface area contributed by atoms with Gasteiger partial charge in [0.1, 0.15) is 0 Å². The van der Waals surface area contributed by atoms with E-state index in [-0.39, 0.29) is 30.3 Å². The van der Waals surface area contributed by atoms with E-state index < -0.39 is 10.0 Å². The summed E-state index contributed by atoms with van der Waals surface area (Å²) in [6.07, 6.45) is 7.10. The van der Waals surface area contributed by atoms with Crippen LogP contribution in [0.25, 0.3) is 0 Å². The van der Waals surface area contributed by atoms with Crippen LogP contribution in [-0.2, 0) is 14.8 Å². The van der Waals surface area contributed by atoms with Crippen LogP contribution >= 0.6 is 0 Å². The highest BCUT2D eigenvalue weighted by atomic mass is 32.2. The van der Waals surface area contributed by atoms with E-state index in [0.717, 1.165) is 25.7 Å². The second kappa shape index (κ2) is 8.39. The molecule has 2 aliphatic heterocycles. The van der Waals surface area contributed by atoms with Crippen LogP contribution < -0.4 is 10.6 Å². The van der Waals surface area contributed by atoms with Crippen molar-refractivity contribution in [2.75, 3.05) is 13.1 Å². The van der Waals surface area contributed by atoms with Gasteiger partial charge in [0.2, 0.25) is 10.0 Å². The quantitative estimate of drug-likeness (QED) is 0.784. The normalized spacial score (nSPS) is 28.8. The highest BCUT2D eigenvalue weighted by Crippen LogP contribution is 2.36. The van der Waals surface area contributed by atoms with Gasteiger partial charge < -0.3 is 15.4 Å². The molecule has 0 bridgehead atoms. The molecule has 1 saturated carbocycles. The molecule has 2 N–H and O–H groups in total. The first-order valence-electron chi connectivity index (χ1n) is 10.3. The number of urea groups is 1. The molecule has 2 amide bonds. The van der Waals surface area contributed by atoms with Gasteiger partial charge in [0.05, 0.1) is 23.1 Å². The number of amides is 2. The molecule has 0 radical (unpaired) electrons. The number of hydrogen-bond acceptors (Lipinski definition) is 4. The minimum Gasteiger partial charge on any atom is -0.370 e. The Kier molecular flexibility index (Phi) is 5.89. The fraction of sp³-hybridized carbons (Fsp3) is 0.650. The number of carbonyl (C=O) groups excluding carboxylic acids is 1. The standard InChI is InChI=1S/C20H29N3O4S/c24-20(22-15-7-3-1-4-8-15)21-13-16-11-12-18-19(27-16)14-23(18)28(25,26)17-9-5-2-6-10-17/h2,5-6,9-10,15-16,18-19H,1,3-4,7-8,11-14H2,(H2,21,22,24)/t16-,18+,19+/m1/s1. The van der Waals surface area contributed by atoms with Gasteiger partial charge in [-0.25, -0.2) is 13.2 Å². The largest absolute Gasteiger partial charge is 0.370 e. The maximum atomic E-state index is 12.8. The Morgan fingerprint density at radius 2 is 1.82 bits per heavy atom. The number of nitrogens with zero attached hydrogens (tertiary/aromatic N) is 1. The summed E-state index contributed by atoms with van der Waals surface area (Å²) in [6.45, 7) is 0.847. The molecule has 3 atom stereocenters. The molecule has 154 valence electrons. The number of benzene rings is 1. The third kappa shape index (κ3) is 4.18. The molecule has 7 nitrogen and oxygen atoms in total. The lowest BCUT2D eigenvalue weighted by Crippen LogP contribution is -2.66. The summed E-state index contributed by atoms with van der Waals surface area (Å²) in [7, 11) is -3.46. The Hall–Kier alpha value is -1.64. The first-order valence-corrected chi connectivity index (χ1v) is 11.7. The van der Waals surface area contributed by atoms with E-state index in [4.69, 9.17) is 4.74 Å². The first kappa shape index (κ1) is 19.7. The van der Waals surface area contributed by atoms with E-state index in [1.54, 1.807) is 28.6 Å². The van der Waals surface area contributed by atoms with Gasteiger partial charge in [-0.1, -0.05) is 37.5 Å². The monoisotopic (exact) mass is 407 g/mol. The third-order valence-corrected chi connectivity index (χ3v) is 8.00. The molecule has 28 heavy (non-hydrogen) atoms. The van der Waals surface area contributed by atoms with Crippen molar-refractivity contribution in [3.63, 3.8) is 0 Å². The lowest BCUT2D eigenvalue weighted by molar-refractivity contribution is -0.136. The van der Waals surface area contributed by atoms with Gasteiger partial charge in [0.15, 0.2) is 0 Å². The van der Waals surface area contributed by atoms with E-state index in [0.29, 0.717) is 18.0 Å². The van der Waals surface area contributed by atoms with Crippen molar-refractivity contribution in [3.8, 4) is 0 Å². The van der Waals surface area contributed by atoms with Gasteiger partial charge in [-0.2, -0.15) is 4.31 Å². The Bertz CT molecular complexity index is 780. The number of ether oxygens (including phenoxy) is 1. The SMILES string of the molecule is O=C(NC[C@H]1CC[C@H]2[C@H](CN2S(=O)(=O)c2ccccc2)O1)NC1CCCCC1. The van der Waals surface area contributed by atoms with Crippen molar-refractivity contribution in [1.29, 1.82) is 0 Å². The fourth-order valence-electron chi connectivity index (χ4n) is 4.46. The molecule has 2 saturated heterocycles. The van der Waals surface area contributed by atoms with E-state index in [1.165, 1.54) is 19.3 Å². The Labute approximate surface area is 166 Å². The highest BCUT2D eigenvalue weighted by Gasteiger charge is 2.49. The lowest BCUT2D eigenvalue weighted by atomic mass is 9.92. The predicted molar refractivity (Wildman–Crippen MR) is 105 cm³/mol. The van der Waals surface area contributed by atoms with Gasteiger partial charge in [0, 0.05) is 19.1 Å². The van der Waals surface area contributed by atoms with Gasteiger partial charge >= 0.3 is 6.03 Å². The molecule has 1 aromatic carbocycles. The molecule has 4 rings (SSSR count). The molecule has 0 unspecified atom stereocenters. The minimum absolute atomic E-state index is 0.0556. The van der Waals surface area contributed by atoms with E-state index in [2.05, 4.69) is 10.6 Å². The number of sulfonamides is 1. The van der Waals surface area contributed by atoms with E-state index >= 15 is 0 Å². The molecule has 1 aromatic rings. The summed E-state index contributed by atoms with van der Waals surface area (Å²) in [6, 6.07) is 8.60. The van der Waals surface area contributed by atoms with Crippen LogP contribution in [0.3, 0.4) is 0 Å². The smallest absolute Gasteiger partial charge is 0.315 e. The van der Waals surface area contributed by atoms with Crippen molar-refractivity contribution in [2.45, 2.75) is 74.1 Å².